The van der Waals surface area contributed by atoms with Crippen LogP contribution in [-0.2, 0) is 21.2 Å². The van der Waals surface area contributed by atoms with Gasteiger partial charge in [-0.3, -0.25) is 4.79 Å². The van der Waals surface area contributed by atoms with Crippen molar-refractivity contribution < 1.29 is 22.7 Å². The smallest absolute Gasteiger partial charge is 0.223 e. The fraction of sp³-hybridized carbons (Fsp3) is 0.529. The number of aliphatic hydroxyl groups excluding tert-OH is 1. The SMILES string of the molecule is CN(C)S(=O)(=O)C[C@@H]1CN(C(=O)CCc2nc3ccc(F)cc3[nH]2)C[C@@H]1O. The molecular formula is C17H23FN4O4S. The lowest BCUT2D eigenvalue weighted by Crippen LogP contribution is -2.33. The van der Waals surface area contributed by atoms with Gasteiger partial charge in [-0.2, -0.15) is 0 Å². The predicted molar refractivity (Wildman–Crippen MR) is 97.9 cm³/mol. The van der Waals surface area contributed by atoms with Crippen molar-refractivity contribution in [2.45, 2.75) is 18.9 Å². The number of halogens is 1. The molecule has 1 amide bonds. The topological polar surface area (TPSA) is 107 Å². The molecule has 2 aromatic rings. The summed E-state index contributed by atoms with van der Waals surface area (Å²) < 4.78 is 38.3. The number of hydrogen-bond donors (Lipinski definition) is 2. The Bertz CT molecular complexity index is 944. The average Bonchev–Trinajstić information content (AvgIpc) is 3.15. The zero-order chi connectivity index (χ0) is 19.8. The highest BCUT2D eigenvalue weighted by Gasteiger charge is 2.37. The standard InChI is InChI=1S/C17H23FN4O4S/c1-21(2)27(25,26)10-11-8-22(9-15(11)23)17(24)6-5-16-19-13-4-3-12(18)7-14(13)20-16/h3-4,7,11,15,23H,5-6,8-10H2,1-2H3,(H,19,20)/t11-,15-/m0/s1. The van der Waals surface area contributed by atoms with Gasteiger partial charge in [0.25, 0.3) is 0 Å². The first kappa shape index (κ1) is 19.7. The normalized spacial score (nSPS) is 20.7. The van der Waals surface area contributed by atoms with E-state index in [1.54, 1.807) is 6.07 Å². The van der Waals surface area contributed by atoms with Gasteiger partial charge in [-0.25, -0.2) is 22.1 Å². The number of benzene rings is 1. The van der Waals surface area contributed by atoms with Crippen molar-refractivity contribution in [2.75, 3.05) is 32.9 Å². The largest absolute Gasteiger partial charge is 0.391 e. The summed E-state index contributed by atoms with van der Waals surface area (Å²) >= 11 is 0. The van der Waals surface area contributed by atoms with E-state index in [0.29, 0.717) is 23.3 Å². The highest BCUT2D eigenvalue weighted by molar-refractivity contribution is 7.89. The van der Waals surface area contributed by atoms with Crippen LogP contribution >= 0.6 is 0 Å². The maximum absolute atomic E-state index is 13.2. The molecule has 3 rings (SSSR count). The molecule has 0 bridgehead atoms. The number of imidazole rings is 1. The summed E-state index contributed by atoms with van der Waals surface area (Å²) in [5, 5.41) is 10.1. The summed E-state index contributed by atoms with van der Waals surface area (Å²) in [5.74, 6) is -0.657. The molecular weight excluding hydrogens is 375 g/mol. The molecule has 0 radical (unpaired) electrons. The molecule has 0 unspecified atom stereocenters. The lowest BCUT2D eigenvalue weighted by atomic mass is 10.1. The van der Waals surface area contributed by atoms with Crippen LogP contribution in [0.4, 0.5) is 4.39 Å². The number of aliphatic hydroxyl groups is 1. The van der Waals surface area contributed by atoms with Crippen LogP contribution in [0.1, 0.15) is 12.2 Å². The fourth-order valence-electron chi connectivity index (χ4n) is 3.18. The number of H-pyrrole nitrogens is 1. The van der Waals surface area contributed by atoms with Gasteiger partial charge in [-0.1, -0.05) is 0 Å². The lowest BCUT2D eigenvalue weighted by molar-refractivity contribution is -0.130. The number of fused-ring (bicyclic) bond motifs is 1. The monoisotopic (exact) mass is 398 g/mol. The molecule has 2 atom stereocenters. The molecule has 1 fully saturated rings. The summed E-state index contributed by atoms with van der Waals surface area (Å²) in [4.78, 5) is 21.2. The Hall–Kier alpha value is -2.04. The molecule has 0 spiro atoms. The van der Waals surface area contributed by atoms with E-state index in [-0.39, 0.29) is 37.0 Å². The molecule has 27 heavy (non-hydrogen) atoms. The third-order valence-electron chi connectivity index (χ3n) is 4.81. The maximum Gasteiger partial charge on any atom is 0.223 e. The molecule has 1 saturated heterocycles. The summed E-state index contributed by atoms with van der Waals surface area (Å²) in [6.07, 6.45) is -0.345. The molecule has 1 aromatic heterocycles. The van der Waals surface area contributed by atoms with Gasteiger partial charge in [0.1, 0.15) is 11.6 Å². The first-order valence-electron chi connectivity index (χ1n) is 8.66. The van der Waals surface area contributed by atoms with Crippen LogP contribution < -0.4 is 0 Å². The van der Waals surface area contributed by atoms with Crippen LogP contribution in [0.2, 0.25) is 0 Å². The number of hydrogen-bond acceptors (Lipinski definition) is 5. The number of β-amino-alcohol motifs (C(OH)–C–C–N with tert-alkyl or cyclic N) is 1. The highest BCUT2D eigenvalue weighted by Crippen LogP contribution is 2.21. The van der Waals surface area contributed by atoms with Crippen LogP contribution in [0.15, 0.2) is 18.2 Å². The molecule has 1 aromatic carbocycles. The van der Waals surface area contributed by atoms with Gasteiger partial charge in [0.15, 0.2) is 0 Å². The Morgan fingerprint density at radius 3 is 2.85 bits per heavy atom. The molecule has 2 N–H and O–H groups in total. The number of likely N-dealkylation sites (tertiary alicyclic amines) is 1. The maximum atomic E-state index is 13.2. The number of aryl methyl sites for hydroxylation is 1. The van der Waals surface area contributed by atoms with E-state index >= 15 is 0 Å². The van der Waals surface area contributed by atoms with Gasteiger partial charge >= 0.3 is 0 Å². The second-order valence-electron chi connectivity index (χ2n) is 7.03. The van der Waals surface area contributed by atoms with E-state index in [4.69, 9.17) is 0 Å². The van der Waals surface area contributed by atoms with E-state index in [2.05, 4.69) is 9.97 Å². The third-order valence-corrected chi connectivity index (χ3v) is 6.77. The third kappa shape index (κ3) is 4.45. The number of aromatic amines is 1. The minimum absolute atomic E-state index is 0.123. The van der Waals surface area contributed by atoms with Gasteiger partial charge in [-0.15, -0.1) is 0 Å². The van der Waals surface area contributed by atoms with E-state index in [1.807, 2.05) is 0 Å². The average molecular weight is 398 g/mol. The Kier molecular flexibility index (Phi) is 5.50. The van der Waals surface area contributed by atoms with Crippen molar-refractivity contribution in [1.29, 1.82) is 0 Å². The number of nitrogens with zero attached hydrogens (tertiary/aromatic N) is 3. The van der Waals surface area contributed by atoms with Gasteiger partial charge in [0.05, 0.1) is 22.9 Å². The van der Waals surface area contributed by atoms with Crippen LogP contribution in [0, 0.1) is 11.7 Å². The first-order valence-corrected chi connectivity index (χ1v) is 10.3. The van der Waals surface area contributed by atoms with Crippen LogP contribution in [-0.4, -0.2) is 77.6 Å². The van der Waals surface area contributed by atoms with Gasteiger partial charge < -0.3 is 15.0 Å². The van der Waals surface area contributed by atoms with Crippen LogP contribution in [0.5, 0.6) is 0 Å². The number of carbonyl (C=O) groups excluding carboxylic acids is 1. The molecule has 0 saturated carbocycles. The molecule has 10 heteroatoms. The second kappa shape index (κ2) is 7.53. The van der Waals surface area contributed by atoms with Crippen molar-refractivity contribution >= 4 is 27.0 Å². The van der Waals surface area contributed by atoms with Crippen LogP contribution in [0.3, 0.4) is 0 Å². The lowest BCUT2D eigenvalue weighted by Gasteiger charge is -2.18. The Morgan fingerprint density at radius 1 is 1.41 bits per heavy atom. The Labute approximate surface area is 157 Å². The number of sulfonamides is 1. The van der Waals surface area contributed by atoms with E-state index < -0.39 is 22.0 Å². The molecule has 8 nitrogen and oxygen atoms in total. The Morgan fingerprint density at radius 2 is 2.15 bits per heavy atom. The molecule has 1 aliphatic rings. The molecule has 1 aliphatic heterocycles. The first-order chi connectivity index (χ1) is 12.7. The quantitative estimate of drug-likeness (QED) is 0.730. The molecule has 0 aliphatic carbocycles. The van der Waals surface area contributed by atoms with E-state index in [9.17, 15) is 22.7 Å². The molecule has 148 valence electrons. The number of carbonyl (C=O) groups is 1. The van der Waals surface area contributed by atoms with Gasteiger partial charge in [0, 0.05) is 45.9 Å². The van der Waals surface area contributed by atoms with Crippen molar-refractivity contribution in [2.24, 2.45) is 5.92 Å². The number of amides is 1. The van der Waals surface area contributed by atoms with Crippen molar-refractivity contribution in [3.8, 4) is 0 Å². The number of nitrogens with one attached hydrogen (secondary N) is 1. The predicted octanol–water partition coefficient (Wildman–Crippen LogP) is 0.345. The van der Waals surface area contributed by atoms with Gasteiger partial charge in [0.2, 0.25) is 15.9 Å². The fourth-order valence-corrected chi connectivity index (χ4v) is 4.34. The number of aromatic nitrogens is 2. The van der Waals surface area contributed by atoms with Crippen molar-refractivity contribution in [3.05, 3.63) is 29.8 Å². The zero-order valence-electron chi connectivity index (χ0n) is 15.2. The summed E-state index contributed by atoms with van der Waals surface area (Å²) in [5.41, 5.74) is 1.20. The van der Waals surface area contributed by atoms with Crippen molar-refractivity contribution in [1.82, 2.24) is 19.2 Å². The second-order valence-corrected chi connectivity index (χ2v) is 9.26. The Balaban J connectivity index is 1.58. The van der Waals surface area contributed by atoms with Crippen LogP contribution in [0.25, 0.3) is 11.0 Å². The van der Waals surface area contributed by atoms with Crippen molar-refractivity contribution in [3.63, 3.8) is 0 Å². The van der Waals surface area contributed by atoms with Gasteiger partial charge in [-0.05, 0) is 18.2 Å². The minimum atomic E-state index is -3.45. The van der Waals surface area contributed by atoms with E-state index in [1.165, 1.54) is 31.1 Å². The van der Waals surface area contributed by atoms with E-state index in [0.717, 1.165) is 4.31 Å². The zero-order valence-corrected chi connectivity index (χ0v) is 16.0. The molecule has 2 heterocycles. The summed E-state index contributed by atoms with van der Waals surface area (Å²) in [7, 11) is -0.561. The summed E-state index contributed by atoms with van der Waals surface area (Å²) in [6.45, 7) is 0.330. The highest BCUT2D eigenvalue weighted by atomic mass is 32.2. The summed E-state index contributed by atoms with van der Waals surface area (Å²) in [6, 6.07) is 4.24. The number of rotatable bonds is 6. The minimum Gasteiger partial charge on any atom is -0.391 e.